The minimum Gasteiger partial charge on any atom is -0.466 e. The molecule has 0 unspecified atom stereocenters. The zero-order valence-corrected chi connectivity index (χ0v) is 11.3. The molecule has 1 aromatic heterocycles. The summed E-state index contributed by atoms with van der Waals surface area (Å²) in [6, 6.07) is 4.65. The Morgan fingerprint density at radius 3 is 2.83 bits per heavy atom. The number of hydrogen-bond donors (Lipinski definition) is 1. The summed E-state index contributed by atoms with van der Waals surface area (Å²) in [6.07, 6.45) is -0.0243. The van der Waals surface area contributed by atoms with E-state index in [9.17, 15) is 13.2 Å². The maximum Gasteiger partial charge on any atom is 0.307 e. The van der Waals surface area contributed by atoms with Gasteiger partial charge in [0.2, 0.25) is 10.0 Å². The number of ether oxygens (including phenoxy) is 1. The van der Waals surface area contributed by atoms with Gasteiger partial charge in [0.25, 0.3) is 0 Å². The fraction of sp³-hybridized carbons (Fsp3) is 0.400. The first-order valence-corrected chi connectivity index (χ1v) is 7.44. The van der Waals surface area contributed by atoms with Crippen LogP contribution < -0.4 is 4.72 Å². The highest BCUT2D eigenvalue weighted by Gasteiger charge is 2.16. The van der Waals surface area contributed by atoms with E-state index in [0.717, 1.165) is 11.3 Å². The van der Waals surface area contributed by atoms with Crippen LogP contribution in [-0.4, -0.2) is 27.5 Å². The van der Waals surface area contributed by atoms with Gasteiger partial charge >= 0.3 is 5.97 Å². The first-order valence-electron chi connectivity index (χ1n) is 5.15. The van der Waals surface area contributed by atoms with E-state index in [1.165, 1.54) is 12.1 Å². The van der Waals surface area contributed by atoms with Crippen LogP contribution in [0.15, 0.2) is 16.3 Å². The van der Waals surface area contributed by atoms with Gasteiger partial charge in [0.15, 0.2) is 0 Å². The monoisotopic (exact) mass is 288 g/mol. The molecule has 0 saturated carbocycles. The average Bonchev–Trinajstić information content (AvgIpc) is 2.78. The summed E-state index contributed by atoms with van der Waals surface area (Å²) in [7, 11) is -3.65. The molecule has 1 N–H and O–H groups in total. The average molecular weight is 288 g/mol. The number of thiophene rings is 1. The summed E-state index contributed by atoms with van der Waals surface area (Å²) in [5, 5.41) is 8.61. The number of hydrogen-bond acceptors (Lipinski definition) is 6. The highest BCUT2D eigenvalue weighted by atomic mass is 32.2. The van der Waals surface area contributed by atoms with Crippen molar-refractivity contribution in [3.8, 4) is 6.07 Å². The van der Waals surface area contributed by atoms with Gasteiger partial charge in [0, 0.05) is 6.54 Å². The topological polar surface area (TPSA) is 96.3 Å². The second-order valence-corrected chi connectivity index (χ2v) is 6.26. The Balaban J connectivity index is 2.55. The molecule has 1 heterocycles. The molecule has 0 aliphatic rings. The zero-order chi connectivity index (χ0) is 13.6. The van der Waals surface area contributed by atoms with E-state index < -0.39 is 16.0 Å². The molecule has 0 spiro atoms. The molecule has 18 heavy (non-hydrogen) atoms. The Morgan fingerprint density at radius 1 is 1.56 bits per heavy atom. The highest BCUT2D eigenvalue weighted by Crippen LogP contribution is 2.20. The van der Waals surface area contributed by atoms with Gasteiger partial charge in [-0.25, -0.2) is 13.1 Å². The number of esters is 1. The van der Waals surface area contributed by atoms with Crippen molar-refractivity contribution in [2.45, 2.75) is 17.6 Å². The van der Waals surface area contributed by atoms with Crippen LogP contribution in [0.3, 0.4) is 0 Å². The summed E-state index contributed by atoms with van der Waals surface area (Å²) in [4.78, 5) is 11.3. The Labute approximate surface area is 109 Å². The lowest BCUT2D eigenvalue weighted by Crippen LogP contribution is -2.26. The SMILES string of the molecule is CCOC(=O)CCNS(=O)(=O)c1ccc(C#N)s1. The van der Waals surface area contributed by atoms with Crippen LogP contribution in [0, 0.1) is 11.3 Å². The van der Waals surface area contributed by atoms with Gasteiger partial charge in [0.1, 0.15) is 15.2 Å². The van der Waals surface area contributed by atoms with E-state index in [1.54, 1.807) is 6.92 Å². The standard InChI is InChI=1S/C10H12N2O4S2/c1-2-16-9(13)5-6-12-18(14,15)10-4-3-8(7-11)17-10/h3-4,12H,2,5-6H2,1H3. The van der Waals surface area contributed by atoms with E-state index in [1.807, 2.05) is 6.07 Å². The molecule has 0 aliphatic heterocycles. The van der Waals surface area contributed by atoms with Crippen molar-refractivity contribution in [3.05, 3.63) is 17.0 Å². The Bertz CT molecular complexity index is 557. The number of nitriles is 1. The molecule has 1 aromatic rings. The molecule has 0 aliphatic carbocycles. The van der Waals surface area contributed by atoms with Gasteiger partial charge in [-0.05, 0) is 19.1 Å². The maximum absolute atomic E-state index is 11.7. The van der Waals surface area contributed by atoms with Crippen molar-refractivity contribution < 1.29 is 17.9 Å². The lowest BCUT2D eigenvalue weighted by molar-refractivity contribution is -0.142. The van der Waals surface area contributed by atoms with Crippen LogP contribution in [0.25, 0.3) is 0 Å². The minimum absolute atomic E-state index is 0.0243. The van der Waals surface area contributed by atoms with E-state index in [4.69, 9.17) is 5.26 Å². The van der Waals surface area contributed by atoms with Gasteiger partial charge in [-0.1, -0.05) is 0 Å². The Morgan fingerprint density at radius 2 is 2.28 bits per heavy atom. The predicted octanol–water partition coefficient (Wildman–Crippen LogP) is 0.851. The van der Waals surface area contributed by atoms with Crippen LogP contribution in [0.5, 0.6) is 0 Å². The third-order valence-electron chi connectivity index (χ3n) is 1.88. The van der Waals surface area contributed by atoms with Gasteiger partial charge in [-0.15, -0.1) is 11.3 Å². The van der Waals surface area contributed by atoms with Crippen LogP contribution in [0.1, 0.15) is 18.2 Å². The predicted molar refractivity (Wildman–Crippen MR) is 65.5 cm³/mol. The molecule has 98 valence electrons. The lowest BCUT2D eigenvalue weighted by atomic mass is 10.4. The molecule has 0 saturated heterocycles. The highest BCUT2D eigenvalue weighted by molar-refractivity contribution is 7.91. The number of sulfonamides is 1. The van der Waals surface area contributed by atoms with Crippen molar-refractivity contribution in [2.75, 3.05) is 13.2 Å². The smallest absolute Gasteiger partial charge is 0.307 e. The molecule has 8 heteroatoms. The third kappa shape index (κ3) is 4.10. The summed E-state index contributed by atoms with van der Waals surface area (Å²) in [5.41, 5.74) is 0. The molecule has 6 nitrogen and oxygen atoms in total. The molecule has 0 atom stereocenters. The third-order valence-corrected chi connectivity index (χ3v) is 4.83. The van der Waals surface area contributed by atoms with Crippen molar-refractivity contribution in [1.82, 2.24) is 4.72 Å². The van der Waals surface area contributed by atoms with Crippen LogP contribution in [0.2, 0.25) is 0 Å². The number of carbonyl (C=O) groups excluding carboxylic acids is 1. The zero-order valence-electron chi connectivity index (χ0n) is 9.67. The summed E-state index contributed by atoms with van der Waals surface area (Å²) in [5.74, 6) is -0.455. The molecular weight excluding hydrogens is 276 g/mol. The normalized spacial score (nSPS) is 10.9. The lowest BCUT2D eigenvalue weighted by Gasteiger charge is -2.04. The van der Waals surface area contributed by atoms with E-state index >= 15 is 0 Å². The molecule has 0 amide bonds. The van der Waals surface area contributed by atoms with Crippen molar-refractivity contribution in [2.24, 2.45) is 0 Å². The second kappa shape index (κ2) is 6.49. The van der Waals surface area contributed by atoms with Gasteiger partial charge in [0.05, 0.1) is 13.0 Å². The van der Waals surface area contributed by atoms with Crippen LogP contribution in [0.4, 0.5) is 0 Å². The van der Waals surface area contributed by atoms with Crippen molar-refractivity contribution >= 4 is 27.3 Å². The number of nitrogens with one attached hydrogen (secondary N) is 1. The largest absolute Gasteiger partial charge is 0.466 e. The first kappa shape index (κ1) is 14.6. The van der Waals surface area contributed by atoms with E-state index in [-0.39, 0.29) is 23.8 Å². The molecule has 0 aromatic carbocycles. The number of rotatable bonds is 6. The number of carbonyl (C=O) groups is 1. The van der Waals surface area contributed by atoms with Gasteiger partial charge in [-0.3, -0.25) is 4.79 Å². The van der Waals surface area contributed by atoms with Crippen LogP contribution >= 0.6 is 11.3 Å². The quantitative estimate of drug-likeness (QED) is 0.783. The number of nitrogens with zero attached hydrogens (tertiary/aromatic N) is 1. The second-order valence-electron chi connectivity index (χ2n) is 3.18. The molecule has 0 fully saturated rings. The summed E-state index contributed by atoms with van der Waals surface area (Å²) < 4.78 is 30.5. The van der Waals surface area contributed by atoms with E-state index in [2.05, 4.69) is 9.46 Å². The molecule has 1 rings (SSSR count). The summed E-state index contributed by atoms with van der Waals surface area (Å²) >= 11 is 0.881. The first-order chi connectivity index (χ1) is 8.49. The Hall–Kier alpha value is -1.43. The summed E-state index contributed by atoms with van der Waals surface area (Å²) in [6.45, 7) is 1.92. The maximum atomic E-state index is 11.7. The Kier molecular flexibility index (Phi) is 5.27. The molecule has 0 radical (unpaired) electrons. The van der Waals surface area contributed by atoms with E-state index in [0.29, 0.717) is 4.88 Å². The molecular formula is C10H12N2O4S2. The van der Waals surface area contributed by atoms with Gasteiger partial charge in [-0.2, -0.15) is 5.26 Å². The fourth-order valence-electron chi connectivity index (χ4n) is 1.12. The fourth-order valence-corrected chi connectivity index (χ4v) is 3.30. The van der Waals surface area contributed by atoms with Crippen molar-refractivity contribution in [1.29, 1.82) is 5.26 Å². The van der Waals surface area contributed by atoms with Crippen LogP contribution in [-0.2, 0) is 19.6 Å². The van der Waals surface area contributed by atoms with Crippen molar-refractivity contribution in [3.63, 3.8) is 0 Å². The van der Waals surface area contributed by atoms with Gasteiger partial charge < -0.3 is 4.74 Å². The minimum atomic E-state index is -3.65. The molecule has 0 bridgehead atoms.